The molecule has 200 valence electrons. The van der Waals surface area contributed by atoms with Crippen LogP contribution in [0.25, 0.3) is 0 Å². The quantitative estimate of drug-likeness (QED) is 0.231. The van der Waals surface area contributed by atoms with Crippen molar-refractivity contribution in [2.45, 2.75) is 44.8 Å². The number of carbonyl (C=O) groups is 1. The zero-order valence-corrected chi connectivity index (χ0v) is 20.7. The van der Waals surface area contributed by atoms with Crippen molar-refractivity contribution in [2.24, 2.45) is 5.73 Å². The summed E-state index contributed by atoms with van der Waals surface area (Å²) in [4.78, 5) is 14.3. The molecule has 0 saturated heterocycles. The molecule has 10 heteroatoms. The molecule has 0 bridgehead atoms. The molecule has 4 N–H and O–H groups in total. The minimum atomic E-state index is -4.42. The third kappa shape index (κ3) is 9.58. The van der Waals surface area contributed by atoms with Crippen molar-refractivity contribution in [3.8, 4) is 11.5 Å². The molecule has 1 amide bonds. The van der Waals surface area contributed by atoms with E-state index in [0.29, 0.717) is 31.5 Å². The maximum atomic E-state index is 12.4. The van der Waals surface area contributed by atoms with Gasteiger partial charge in [0.2, 0.25) is 5.91 Å². The Morgan fingerprint density at radius 1 is 1.31 bits per heavy atom. The van der Waals surface area contributed by atoms with Crippen LogP contribution in [0.4, 0.5) is 13.2 Å². The highest BCUT2D eigenvalue weighted by Crippen LogP contribution is 2.30. The number of aliphatic hydroxyl groups excluding tert-OH is 1. The van der Waals surface area contributed by atoms with E-state index in [9.17, 15) is 23.1 Å². The molecule has 1 aromatic carbocycles. The first-order valence-electron chi connectivity index (χ1n) is 12.0. The van der Waals surface area contributed by atoms with E-state index in [1.165, 1.54) is 6.07 Å². The third-order valence-corrected chi connectivity index (χ3v) is 5.67. The van der Waals surface area contributed by atoms with Crippen molar-refractivity contribution in [1.82, 2.24) is 10.2 Å². The Morgan fingerprint density at radius 2 is 2.00 bits per heavy atom. The van der Waals surface area contributed by atoms with Gasteiger partial charge in [-0.15, -0.1) is 0 Å². The van der Waals surface area contributed by atoms with Crippen molar-refractivity contribution in [3.05, 3.63) is 59.8 Å². The number of ether oxygens (including phenoxy) is 2. The van der Waals surface area contributed by atoms with Gasteiger partial charge in [0.25, 0.3) is 0 Å². The number of nitrogens with zero attached hydrogens (tertiary/aromatic N) is 1. The molecule has 0 unspecified atom stereocenters. The molecule has 0 aliphatic carbocycles. The lowest BCUT2D eigenvalue weighted by Crippen LogP contribution is -2.30. The van der Waals surface area contributed by atoms with Gasteiger partial charge in [0.15, 0.2) is 18.1 Å². The largest absolute Gasteiger partial charge is 0.488 e. The van der Waals surface area contributed by atoms with Gasteiger partial charge in [0.1, 0.15) is 6.61 Å². The van der Waals surface area contributed by atoms with Crippen LogP contribution >= 0.6 is 0 Å². The lowest BCUT2D eigenvalue weighted by Gasteiger charge is -2.23. The molecule has 0 saturated carbocycles. The molecule has 36 heavy (non-hydrogen) atoms. The molecular weight excluding hydrogens is 475 g/mol. The summed E-state index contributed by atoms with van der Waals surface area (Å²) in [6.07, 6.45) is 1.90. The summed E-state index contributed by atoms with van der Waals surface area (Å²) in [7, 11) is 0. The number of hydrogen-bond donors (Lipinski definition) is 3. The molecule has 7 nitrogen and oxygen atoms in total. The first-order chi connectivity index (χ1) is 17.2. The fourth-order valence-corrected chi connectivity index (χ4v) is 3.92. The number of benzene rings is 1. The molecule has 1 aliphatic rings. The van der Waals surface area contributed by atoms with E-state index >= 15 is 0 Å². The molecule has 1 aliphatic heterocycles. The normalized spacial score (nSPS) is 15.2. The van der Waals surface area contributed by atoms with Crippen LogP contribution in [0.3, 0.4) is 0 Å². The van der Waals surface area contributed by atoms with E-state index in [1.54, 1.807) is 24.3 Å². The first kappa shape index (κ1) is 29.3. The molecule has 2 rings (SSSR count). The van der Waals surface area contributed by atoms with E-state index in [-0.39, 0.29) is 30.8 Å². The van der Waals surface area contributed by atoms with Gasteiger partial charge in [-0.2, -0.15) is 13.2 Å². The highest BCUT2D eigenvalue weighted by molar-refractivity contribution is 5.96. The SMILES string of the molecule is C=CC1=C(/C(=C\CC[C@@H](C)NCCOc2ccccc2OCC(F)(F)F)C(N)=O)N(CCCO)CC1. The van der Waals surface area contributed by atoms with Crippen LogP contribution in [0.2, 0.25) is 0 Å². The number of rotatable bonds is 16. The van der Waals surface area contributed by atoms with Crippen LogP contribution in [0.5, 0.6) is 11.5 Å². The van der Waals surface area contributed by atoms with Crippen LogP contribution in [0.1, 0.15) is 32.6 Å². The van der Waals surface area contributed by atoms with E-state index in [2.05, 4.69) is 16.8 Å². The summed E-state index contributed by atoms with van der Waals surface area (Å²) in [6.45, 7) is 6.65. The minimum Gasteiger partial charge on any atom is -0.488 e. The number of alkyl halides is 3. The van der Waals surface area contributed by atoms with E-state index < -0.39 is 18.7 Å². The van der Waals surface area contributed by atoms with Gasteiger partial charge >= 0.3 is 6.18 Å². The van der Waals surface area contributed by atoms with Crippen LogP contribution in [0.15, 0.2) is 59.8 Å². The van der Waals surface area contributed by atoms with Gasteiger partial charge in [-0.1, -0.05) is 30.9 Å². The lowest BCUT2D eigenvalue weighted by atomic mass is 10.0. The van der Waals surface area contributed by atoms with Crippen molar-refractivity contribution in [3.63, 3.8) is 0 Å². The van der Waals surface area contributed by atoms with Crippen molar-refractivity contribution >= 4 is 5.91 Å². The Hall–Kier alpha value is -2.98. The highest BCUT2D eigenvalue weighted by atomic mass is 19.4. The van der Waals surface area contributed by atoms with Crippen LogP contribution < -0.4 is 20.5 Å². The van der Waals surface area contributed by atoms with Crippen LogP contribution in [0, 0.1) is 0 Å². The molecule has 0 aromatic heterocycles. The molecule has 1 atom stereocenters. The fraction of sp³-hybridized carbons (Fsp3) is 0.500. The van der Waals surface area contributed by atoms with E-state index in [1.807, 2.05) is 13.0 Å². The number of nitrogens with two attached hydrogens (primary N) is 1. The summed E-state index contributed by atoms with van der Waals surface area (Å²) >= 11 is 0. The number of primary amides is 1. The summed E-state index contributed by atoms with van der Waals surface area (Å²) in [5, 5.41) is 12.5. The van der Waals surface area contributed by atoms with Gasteiger partial charge in [-0.05, 0) is 50.3 Å². The average molecular weight is 512 g/mol. The summed E-state index contributed by atoms with van der Waals surface area (Å²) in [5.41, 5.74) is 7.93. The van der Waals surface area contributed by atoms with Gasteiger partial charge in [0.05, 0.1) is 11.3 Å². The predicted octanol–water partition coefficient (Wildman–Crippen LogP) is 3.70. The zero-order valence-electron chi connectivity index (χ0n) is 20.7. The molecule has 1 aromatic rings. The number of carbonyl (C=O) groups excluding carboxylic acids is 1. The number of nitrogens with one attached hydrogen (secondary N) is 1. The average Bonchev–Trinajstić information content (AvgIpc) is 3.24. The Morgan fingerprint density at radius 3 is 2.61 bits per heavy atom. The second-order valence-corrected chi connectivity index (χ2v) is 8.51. The van der Waals surface area contributed by atoms with Gasteiger partial charge < -0.3 is 30.5 Å². The fourth-order valence-electron chi connectivity index (χ4n) is 3.92. The number of amides is 1. The topological polar surface area (TPSA) is 97.0 Å². The number of halogens is 3. The maximum Gasteiger partial charge on any atom is 0.422 e. The molecule has 0 fully saturated rings. The smallest absolute Gasteiger partial charge is 0.422 e. The molecule has 0 spiro atoms. The molecule has 0 radical (unpaired) electrons. The Labute approximate surface area is 210 Å². The maximum absolute atomic E-state index is 12.4. The standard InChI is InChI=1S/C26H36F3N3O4/c1-3-20-12-15-32(14-7-16-33)24(20)21(25(30)34)9-6-8-19(2)31-13-17-35-22-10-4-5-11-23(22)36-18-26(27,28)29/h3-5,9-11,19,31,33H,1,6-8,12-18H2,2H3,(H2,30,34)/b21-9+/t19-/m1/s1. The second kappa shape index (κ2) is 14.5. The summed E-state index contributed by atoms with van der Waals surface area (Å²) in [5.74, 6) is -0.209. The number of para-hydroxylation sites is 2. The minimum absolute atomic E-state index is 0.0418. The summed E-state index contributed by atoms with van der Waals surface area (Å²) in [6, 6.07) is 6.33. The Balaban J connectivity index is 1.85. The molecule has 1 heterocycles. The van der Waals surface area contributed by atoms with Crippen molar-refractivity contribution < 1.29 is 32.5 Å². The van der Waals surface area contributed by atoms with Gasteiger partial charge in [-0.25, -0.2) is 0 Å². The van der Waals surface area contributed by atoms with Crippen molar-refractivity contribution in [1.29, 1.82) is 0 Å². The number of allylic oxidation sites excluding steroid dienone is 2. The monoisotopic (exact) mass is 511 g/mol. The van der Waals surface area contributed by atoms with Gasteiger partial charge in [0, 0.05) is 32.3 Å². The zero-order chi connectivity index (χ0) is 26.6. The lowest BCUT2D eigenvalue weighted by molar-refractivity contribution is -0.153. The van der Waals surface area contributed by atoms with Crippen LogP contribution in [-0.4, -0.2) is 67.6 Å². The first-order valence-corrected chi connectivity index (χ1v) is 12.0. The Kier molecular flexibility index (Phi) is 11.8. The molecular formula is C26H36F3N3O4. The second-order valence-electron chi connectivity index (χ2n) is 8.51. The number of hydrogen-bond acceptors (Lipinski definition) is 6. The predicted molar refractivity (Wildman–Crippen MR) is 133 cm³/mol. The third-order valence-electron chi connectivity index (χ3n) is 5.67. The highest BCUT2D eigenvalue weighted by Gasteiger charge is 2.29. The Bertz CT molecular complexity index is 931. The van der Waals surface area contributed by atoms with Crippen molar-refractivity contribution in [2.75, 3.05) is 39.5 Å². The number of aliphatic hydroxyl groups is 1. The van der Waals surface area contributed by atoms with Gasteiger partial charge in [-0.3, -0.25) is 4.79 Å². The van der Waals surface area contributed by atoms with E-state index in [0.717, 1.165) is 30.7 Å². The summed E-state index contributed by atoms with van der Waals surface area (Å²) < 4.78 is 47.7. The van der Waals surface area contributed by atoms with Crippen LogP contribution in [-0.2, 0) is 4.79 Å². The van der Waals surface area contributed by atoms with E-state index in [4.69, 9.17) is 15.2 Å².